The number of rotatable bonds is 9. The summed E-state index contributed by atoms with van der Waals surface area (Å²) in [5, 5.41) is 0. The van der Waals surface area contributed by atoms with E-state index in [1.54, 1.807) is 26.1 Å². The molecule has 9 heteroatoms. The van der Waals surface area contributed by atoms with Gasteiger partial charge in [0.15, 0.2) is 11.6 Å². The molecule has 1 saturated carbocycles. The number of hydrogen-bond acceptors (Lipinski definition) is 6. The summed E-state index contributed by atoms with van der Waals surface area (Å²) >= 11 is 0. The predicted molar refractivity (Wildman–Crippen MR) is 135 cm³/mol. The van der Waals surface area contributed by atoms with Crippen molar-refractivity contribution in [3.63, 3.8) is 0 Å². The van der Waals surface area contributed by atoms with Crippen LogP contribution in [0.25, 0.3) is 11.3 Å². The summed E-state index contributed by atoms with van der Waals surface area (Å²) < 4.78 is 45.1. The van der Waals surface area contributed by atoms with Crippen molar-refractivity contribution in [2.24, 2.45) is 5.92 Å². The fraction of sp³-hybridized carbons (Fsp3) is 0.536. The molecule has 202 valence electrons. The Balaban J connectivity index is 1.75. The number of carbonyl (C=O) groups excluding carboxylic acids is 2. The molecule has 1 aromatic carbocycles. The number of halogens is 2. The van der Waals surface area contributed by atoms with Crippen LogP contribution in [0.3, 0.4) is 0 Å². The maximum atomic E-state index is 14.2. The largest absolute Gasteiger partial charge is 0.489 e. The van der Waals surface area contributed by atoms with Crippen molar-refractivity contribution in [3.8, 4) is 17.0 Å². The van der Waals surface area contributed by atoms with E-state index in [-0.39, 0.29) is 30.7 Å². The Labute approximate surface area is 217 Å². The number of aromatic nitrogens is 1. The van der Waals surface area contributed by atoms with E-state index in [0.29, 0.717) is 41.2 Å². The molecule has 0 unspecified atom stereocenters. The van der Waals surface area contributed by atoms with Gasteiger partial charge >= 0.3 is 12.1 Å². The summed E-state index contributed by atoms with van der Waals surface area (Å²) in [4.78, 5) is 30.5. The van der Waals surface area contributed by atoms with Gasteiger partial charge in [-0.3, -0.25) is 4.79 Å². The maximum absolute atomic E-state index is 14.2. The second-order valence-corrected chi connectivity index (χ2v) is 9.77. The van der Waals surface area contributed by atoms with Gasteiger partial charge < -0.3 is 19.1 Å². The Morgan fingerprint density at radius 1 is 1.16 bits per heavy atom. The highest BCUT2D eigenvalue weighted by molar-refractivity contribution is 5.72. The molecule has 1 aliphatic rings. The van der Waals surface area contributed by atoms with E-state index < -0.39 is 17.7 Å². The number of pyridine rings is 1. The van der Waals surface area contributed by atoms with Crippen molar-refractivity contribution in [1.29, 1.82) is 0 Å². The first-order chi connectivity index (χ1) is 17.6. The van der Waals surface area contributed by atoms with Gasteiger partial charge in [-0.15, -0.1) is 0 Å². The molecule has 1 aromatic heterocycles. The van der Waals surface area contributed by atoms with Gasteiger partial charge in [-0.1, -0.05) is 6.92 Å². The molecule has 1 aliphatic carbocycles. The van der Waals surface area contributed by atoms with Gasteiger partial charge in [0, 0.05) is 24.7 Å². The zero-order valence-corrected chi connectivity index (χ0v) is 22.2. The van der Waals surface area contributed by atoms with E-state index >= 15 is 0 Å². The third-order valence-corrected chi connectivity index (χ3v) is 6.29. The highest BCUT2D eigenvalue weighted by Crippen LogP contribution is 2.32. The lowest BCUT2D eigenvalue weighted by molar-refractivity contribution is -0.154. The average molecular weight is 519 g/mol. The summed E-state index contributed by atoms with van der Waals surface area (Å²) in [6.07, 6.45) is 2.93. The first kappa shape index (κ1) is 28.3. The summed E-state index contributed by atoms with van der Waals surface area (Å²) in [5.41, 5.74) is 1.60. The molecule has 0 radical (unpaired) electrons. The molecule has 0 N–H and O–H groups in total. The van der Waals surface area contributed by atoms with Gasteiger partial charge in [0.1, 0.15) is 12.4 Å². The minimum absolute atomic E-state index is 0.150. The predicted octanol–water partition coefficient (Wildman–Crippen LogP) is 6.20. The third-order valence-electron chi connectivity index (χ3n) is 6.29. The number of benzene rings is 1. The van der Waals surface area contributed by atoms with Crippen molar-refractivity contribution in [3.05, 3.63) is 47.2 Å². The van der Waals surface area contributed by atoms with Crippen LogP contribution in [0, 0.1) is 24.5 Å². The van der Waals surface area contributed by atoms with Crippen molar-refractivity contribution in [2.45, 2.75) is 78.6 Å². The minimum Gasteiger partial charge on any atom is -0.489 e. The number of aryl methyl sites for hydroxylation is 1. The molecule has 0 saturated heterocycles. The van der Waals surface area contributed by atoms with Crippen LogP contribution < -0.4 is 4.74 Å². The lowest BCUT2D eigenvalue weighted by Crippen LogP contribution is -2.31. The number of carbonyl (C=O) groups is 2. The van der Waals surface area contributed by atoms with Crippen LogP contribution in [0.4, 0.5) is 13.6 Å². The zero-order chi connectivity index (χ0) is 27.1. The van der Waals surface area contributed by atoms with Crippen LogP contribution in [-0.2, 0) is 20.9 Å². The van der Waals surface area contributed by atoms with Crippen LogP contribution in [0.15, 0.2) is 24.3 Å². The van der Waals surface area contributed by atoms with Gasteiger partial charge in [0.05, 0.1) is 29.5 Å². The lowest BCUT2D eigenvalue weighted by Gasteiger charge is -2.29. The molecule has 1 fully saturated rings. The quantitative estimate of drug-likeness (QED) is 0.368. The summed E-state index contributed by atoms with van der Waals surface area (Å²) in [7, 11) is 1.61. The standard InChI is InChI=1S/C28H36F2N2O5/c1-6-12-32(5)28(34)35-16-20-14-23(29)24(30)15-22(20)25-10-11-26(18(4)31-25)37-21-9-7-8-19(13-21)27(33)36-17(2)3/h10-11,14-15,17,19,21H,6-9,12-13,16H2,1-5H3/t19-,21-/m0/s1. The summed E-state index contributed by atoms with van der Waals surface area (Å²) in [5.74, 6) is -1.88. The average Bonchev–Trinajstić information content (AvgIpc) is 2.85. The normalized spacial score (nSPS) is 17.4. The summed E-state index contributed by atoms with van der Waals surface area (Å²) in [6, 6.07) is 5.48. The van der Waals surface area contributed by atoms with Crippen LogP contribution in [0.1, 0.15) is 64.1 Å². The second kappa shape index (κ2) is 12.8. The second-order valence-electron chi connectivity index (χ2n) is 9.77. The Kier molecular flexibility index (Phi) is 9.83. The molecule has 2 atom stereocenters. The molecule has 0 aliphatic heterocycles. The van der Waals surface area contributed by atoms with E-state index in [1.807, 2.05) is 20.8 Å². The molecule has 1 heterocycles. The monoisotopic (exact) mass is 518 g/mol. The Hall–Kier alpha value is -3.23. The molecule has 37 heavy (non-hydrogen) atoms. The van der Waals surface area contributed by atoms with Crippen LogP contribution in [0.5, 0.6) is 5.75 Å². The molecule has 3 rings (SSSR count). The zero-order valence-electron chi connectivity index (χ0n) is 22.2. The molecule has 0 spiro atoms. The topological polar surface area (TPSA) is 78.0 Å². The van der Waals surface area contributed by atoms with Crippen LogP contribution in [0.2, 0.25) is 0 Å². The first-order valence-corrected chi connectivity index (χ1v) is 12.8. The van der Waals surface area contributed by atoms with Gasteiger partial charge in [-0.05, 0) is 77.1 Å². The van der Waals surface area contributed by atoms with Crippen molar-refractivity contribution < 1.29 is 32.6 Å². The van der Waals surface area contributed by atoms with E-state index in [4.69, 9.17) is 14.2 Å². The number of hydrogen-bond donors (Lipinski definition) is 0. The van der Waals surface area contributed by atoms with Crippen LogP contribution in [-0.4, -0.2) is 47.7 Å². The molecule has 7 nitrogen and oxygen atoms in total. The SMILES string of the molecule is CCCN(C)C(=O)OCc1cc(F)c(F)cc1-c1ccc(O[C@H]2CCC[C@H](C(=O)OC(C)C)C2)c(C)n1. The van der Waals surface area contributed by atoms with Gasteiger partial charge in [-0.25, -0.2) is 18.6 Å². The smallest absolute Gasteiger partial charge is 0.409 e. The van der Waals surface area contributed by atoms with Crippen molar-refractivity contribution >= 4 is 12.1 Å². The first-order valence-electron chi connectivity index (χ1n) is 12.8. The van der Waals surface area contributed by atoms with Crippen LogP contribution >= 0.6 is 0 Å². The molecule has 0 bridgehead atoms. The number of esters is 1. The van der Waals surface area contributed by atoms with Gasteiger partial charge in [-0.2, -0.15) is 0 Å². The van der Waals surface area contributed by atoms with E-state index in [0.717, 1.165) is 37.8 Å². The molecule has 2 aromatic rings. The Morgan fingerprint density at radius 2 is 1.89 bits per heavy atom. The highest BCUT2D eigenvalue weighted by atomic mass is 19.2. The van der Waals surface area contributed by atoms with Crippen molar-refractivity contribution in [2.75, 3.05) is 13.6 Å². The molecular formula is C28H36F2N2O5. The Morgan fingerprint density at radius 3 is 2.57 bits per heavy atom. The number of amides is 1. The molecular weight excluding hydrogens is 482 g/mol. The minimum atomic E-state index is -1.03. The van der Waals surface area contributed by atoms with E-state index in [9.17, 15) is 18.4 Å². The number of nitrogens with zero attached hydrogens (tertiary/aromatic N) is 2. The number of ether oxygens (including phenoxy) is 3. The fourth-order valence-electron chi connectivity index (χ4n) is 4.42. The fourth-order valence-corrected chi connectivity index (χ4v) is 4.42. The maximum Gasteiger partial charge on any atom is 0.409 e. The van der Waals surface area contributed by atoms with Crippen molar-refractivity contribution in [1.82, 2.24) is 9.88 Å². The summed E-state index contributed by atoms with van der Waals surface area (Å²) in [6.45, 7) is 7.66. The van der Waals surface area contributed by atoms with Gasteiger partial charge in [0.2, 0.25) is 0 Å². The van der Waals surface area contributed by atoms with Gasteiger partial charge in [0.25, 0.3) is 0 Å². The highest BCUT2D eigenvalue weighted by Gasteiger charge is 2.30. The molecule has 1 amide bonds. The van der Waals surface area contributed by atoms with E-state index in [1.165, 1.54) is 4.90 Å². The van der Waals surface area contributed by atoms with E-state index in [2.05, 4.69) is 4.98 Å². The lowest BCUT2D eigenvalue weighted by atomic mass is 9.87. The Bertz CT molecular complexity index is 1110. The third kappa shape index (κ3) is 7.63.